The summed E-state index contributed by atoms with van der Waals surface area (Å²) < 4.78 is 52.8. The van der Waals surface area contributed by atoms with E-state index in [1.165, 1.54) is 0 Å². The molecular weight excluding hydrogens is 449 g/mol. The molecule has 0 aliphatic carbocycles. The van der Waals surface area contributed by atoms with Crippen molar-refractivity contribution in [1.82, 2.24) is 13.4 Å². The Morgan fingerprint density at radius 3 is 2.10 bits per heavy atom. The minimum Gasteiger partial charge on any atom is -0.415 e. The summed E-state index contributed by atoms with van der Waals surface area (Å²) in [5.74, 6) is 0. The van der Waals surface area contributed by atoms with Crippen LogP contribution in [-0.2, 0) is 19.0 Å². The predicted molar refractivity (Wildman–Crippen MR) is 130 cm³/mol. The zero-order valence-electron chi connectivity index (χ0n) is 20.1. The van der Waals surface area contributed by atoms with Crippen LogP contribution in [0, 0.1) is 6.92 Å². The number of sulfonamides is 1. The molecule has 1 aliphatic rings. The molecule has 10 heteroatoms. The average Bonchev–Trinajstić information content (AvgIpc) is 2.91. The molecule has 0 amide bonds. The monoisotopic (exact) mass is 487 g/mol. The molecule has 0 radical (unpaired) electrons. The van der Waals surface area contributed by atoms with Crippen molar-refractivity contribution in [2.45, 2.75) is 56.8 Å². The number of hydrogen-bond donors (Lipinski definition) is 0. The predicted octanol–water partition coefficient (Wildman–Crippen LogP) is 4.55. The molecule has 1 fully saturated rings. The summed E-state index contributed by atoms with van der Waals surface area (Å²) >= 11 is 0. The van der Waals surface area contributed by atoms with E-state index in [-0.39, 0.29) is 16.5 Å². The summed E-state index contributed by atoms with van der Waals surface area (Å²) in [6.07, 6.45) is 1.54. The molecule has 0 saturated carbocycles. The summed E-state index contributed by atoms with van der Waals surface area (Å²) in [5.41, 5.74) is 0.953. The Balaban J connectivity index is 2.57. The van der Waals surface area contributed by atoms with E-state index in [0.29, 0.717) is 13.1 Å². The normalized spacial score (nSPS) is 19.6. The summed E-state index contributed by atoms with van der Waals surface area (Å²) in [7, 11) is -6.42. The highest BCUT2D eigenvalue weighted by Crippen LogP contribution is 2.61. The molecule has 176 valence electrons. The fourth-order valence-electron chi connectivity index (χ4n) is 3.17. The Morgan fingerprint density at radius 1 is 1.19 bits per heavy atom. The van der Waals surface area contributed by atoms with Gasteiger partial charge in [0.25, 0.3) is 10.0 Å². The Morgan fingerprint density at radius 2 is 1.68 bits per heavy atom. The number of benzene rings is 1. The van der Waals surface area contributed by atoms with E-state index in [1.54, 1.807) is 53.8 Å². The third kappa shape index (κ3) is 5.08. The van der Waals surface area contributed by atoms with Crippen LogP contribution in [-0.4, -0.2) is 70.0 Å². The number of hydrogen-bond acceptors (Lipinski definition) is 4. The molecule has 2 rings (SSSR count). The molecule has 1 heterocycles. The summed E-state index contributed by atoms with van der Waals surface area (Å²) in [6.45, 7) is 17.5. The van der Waals surface area contributed by atoms with E-state index in [1.807, 2.05) is 6.92 Å². The molecular formula is C21H38N3O4PSSi. The first-order valence-electron chi connectivity index (χ1n) is 10.5. The fraction of sp³-hybridized carbons (Fsp3) is 0.619. The lowest BCUT2D eigenvalue weighted by molar-refractivity contribution is 0.241. The van der Waals surface area contributed by atoms with Gasteiger partial charge < -0.3 is 4.43 Å². The lowest BCUT2D eigenvalue weighted by atomic mass is 10.2. The molecule has 1 atom stereocenters. The SMILES string of the molecule is C=C[C@H](CO[Si](C)(C)C(C)(C)C)N(P1(=O)N(C)CCN1C)S(=O)(=O)c1ccc(C)cc1. The first-order valence-corrected chi connectivity index (χ1v) is 16.4. The van der Waals surface area contributed by atoms with Crippen LogP contribution in [0.1, 0.15) is 26.3 Å². The molecule has 0 aromatic heterocycles. The lowest BCUT2D eigenvalue weighted by Crippen LogP contribution is -2.48. The van der Waals surface area contributed by atoms with E-state index in [4.69, 9.17) is 4.43 Å². The summed E-state index contributed by atoms with van der Waals surface area (Å²) in [6, 6.07) is 5.86. The van der Waals surface area contributed by atoms with Crippen molar-refractivity contribution in [3.63, 3.8) is 0 Å². The molecule has 0 spiro atoms. The van der Waals surface area contributed by atoms with Crippen molar-refractivity contribution < 1.29 is 17.4 Å². The van der Waals surface area contributed by atoms with Gasteiger partial charge in [0, 0.05) is 13.1 Å². The molecule has 1 aromatic carbocycles. The van der Waals surface area contributed by atoms with Gasteiger partial charge in [-0.3, -0.25) is 4.57 Å². The van der Waals surface area contributed by atoms with Crippen molar-refractivity contribution in [2.75, 3.05) is 33.8 Å². The van der Waals surface area contributed by atoms with Crippen LogP contribution in [0.3, 0.4) is 0 Å². The number of aryl methyl sites for hydroxylation is 1. The summed E-state index contributed by atoms with van der Waals surface area (Å²) in [4.78, 5) is 0.112. The van der Waals surface area contributed by atoms with Gasteiger partial charge in [0.1, 0.15) is 0 Å². The maximum Gasteiger partial charge on any atom is 0.300 e. The molecule has 31 heavy (non-hydrogen) atoms. The van der Waals surface area contributed by atoms with Crippen molar-refractivity contribution >= 4 is 25.9 Å². The largest absolute Gasteiger partial charge is 0.415 e. The molecule has 0 unspecified atom stereocenters. The molecule has 0 N–H and O–H groups in total. The van der Waals surface area contributed by atoms with Gasteiger partial charge >= 0.3 is 7.59 Å². The van der Waals surface area contributed by atoms with E-state index in [0.717, 1.165) is 9.64 Å². The fourth-order valence-corrected chi connectivity index (χ4v) is 9.92. The Kier molecular flexibility index (Phi) is 7.86. The maximum atomic E-state index is 14.3. The Hall–Kier alpha value is -0.803. The highest BCUT2D eigenvalue weighted by Gasteiger charge is 2.52. The van der Waals surface area contributed by atoms with Gasteiger partial charge in [-0.1, -0.05) is 44.5 Å². The van der Waals surface area contributed by atoms with Crippen molar-refractivity contribution in [2.24, 2.45) is 0 Å². The van der Waals surface area contributed by atoms with Gasteiger partial charge in [-0.25, -0.2) is 17.8 Å². The zero-order valence-corrected chi connectivity index (χ0v) is 22.8. The number of nitrogens with zero attached hydrogens (tertiary/aromatic N) is 3. The van der Waals surface area contributed by atoms with Crippen molar-refractivity contribution in [1.29, 1.82) is 0 Å². The minimum atomic E-state index is -4.09. The number of likely N-dealkylation sites (N-methyl/N-ethyl adjacent to an activating group) is 2. The third-order valence-corrected chi connectivity index (χ3v) is 16.8. The van der Waals surface area contributed by atoms with Crippen LogP contribution in [0.15, 0.2) is 41.8 Å². The second-order valence-electron chi connectivity index (χ2n) is 9.74. The smallest absolute Gasteiger partial charge is 0.300 e. The topological polar surface area (TPSA) is 70.2 Å². The second-order valence-corrected chi connectivity index (χ2v) is 19.5. The quantitative estimate of drug-likeness (QED) is 0.304. The van der Waals surface area contributed by atoms with E-state index >= 15 is 0 Å². The van der Waals surface area contributed by atoms with Crippen LogP contribution in [0.5, 0.6) is 0 Å². The van der Waals surface area contributed by atoms with Gasteiger partial charge in [-0.15, -0.1) is 10.7 Å². The minimum absolute atomic E-state index is 0.0371. The lowest BCUT2D eigenvalue weighted by Gasteiger charge is -2.41. The first-order chi connectivity index (χ1) is 14.1. The van der Waals surface area contributed by atoms with E-state index < -0.39 is 32.0 Å². The van der Waals surface area contributed by atoms with Gasteiger partial charge in [-0.2, -0.15) is 0 Å². The zero-order chi connectivity index (χ0) is 23.8. The highest BCUT2D eigenvalue weighted by atomic mass is 32.2. The van der Waals surface area contributed by atoms with Crippen molar-refractivity contribution in [3.05, 3.63) is 42.5 Å². The van der Waals surface area contributed by atoms with Gasteiger partial charge in [0.05, 0.1) is 17.5 Å². The van der Waals surface area contributed by atoms with Crippen LogP contribution in [0.25, 0.3) is 0 Å². The number of rotatable bonds is 8. The van der Waals surface area contributed by atoms with Crippen molar-refractivity contribution in [3.8, 4) is 0 Å². The maximum absolute atomic E-state index is 14.3. The third-order valence-electron chi connectivity index (χ3n) is 6.44. The molecule has 1 saturated heterocycles. The molecule has 1 aliphatic heterocycles. The van der Waals surface area contributed by atoms with E-state index in [9.17, 15) is 13.0 Å². The first kappa shape index (κ1) is 26.4. The van der Waals surface area contributed by atoms with Crippen LogP contribution < -0.4 is 0 Å². The summed E-state index contributed by atoms with van der Waals surface area (Å²) in [5, 5.41) is -0.0371. The van der Waals surface area contributed by atoms with E-state index in [2.05, 4.69) is 40.4 Å². The van der Waals surface area contributed by atoms with Gasteiger partial charge in [0.2, 0.25) is 0 Å². The average molecular weight is 488 g/mol. The molecule has 7 nitrogen and oxygen atoms in total. The highest BCUT2D eigenvalue weighted by molar-refractivity contribution is 7.94. The second kappa shape index (κ2) is 9.21. The Bertz CT molecular complexity index is 930. The molecule has 1 aromatic rings. The van der Waals surface area contributed by atoms with Crippen LogP contribution in [0.4, 0.5) is 0 Å². The molecule has 0 bridgehead atoms. The standard InChI is InChI=1S/C21H38N3O4PSSi/c1-10-19(17-28-31(8,9)21(3,4)5)24(29(25)22(6)15-16-23(29)7)30(26,27)20-13-11-18(2)12-14-20/h10-14,19H,1,15-17H2,2-9H3/t19-/m1/s1. The Labute approximate surface area is 189 Å². The van der Waals surface area contributed by atoms with Gasteiger partial charge in [-0.05, 0) is 51.3 Å². The van der Waals surface area contributed by atoms with Crippen LogP contribution in [0.2, 0.25) is 18.1 Å². The van der Waals surface area contributed by atoms with Crippen LogP contribution >= 0.6 is 7.59 Å². The van der Waals surface area contributed by atoms with Gasteiger partial charge in [0.15, 0.2) is 8.32 Å².